The average molecular weight is 173 g/mol. The van der Waals surface area contributed by atoms with Crippen molar-refractivity contribution in [2.24, 2.45) is 5.73 Å². The Morgan fingerprint density at radius 3 is 2.15 bits per heavy atom. The fourth-order valence-electron chi connectivity index (χ4n) is 1.27. The monoisotopic (exact) mass is 173 g/mol. The van der Waals surface area contributed by atoms with E-state index < -0.39 is 0 Å². The van der Waals surface area contributed by atoms with Crippen molar-refractivity contribution < 1.29 is 0 Å². The molecule has 2 N–H and O–H groups in total. The molecule has 0 radical (unpaired) electrons. The van der Waals surface area contributed by atoms with Crippen molar-refractivity contribution in [1.29, 1.82) is 0 Å². The molecule has 0 saturated heterocycles. The summed E-state index contributed by atoms with van der Waals surface area (Å²) in [4.78, 5) is 0. The maximum Gasteiger partial charge on any atom is 0.0347 e. The van der Waals surface area contributed by atoms with Crippen molar-refractivity contribution in [1.82, 2.24) is 0 Å². The number of benzene rings is 1. The topological polar surface area (TPSA) is 26.0 Å². The lowest BCUT2D eigenvalue weighted by Gasteiger charge is -2.06. The summed E-state index contributed by atoms with van der Waals surface area (Å²) in [6.07, 6.45) is 3.95. The van der Waals surface area contributed by atoms with Crippen molar-refractivity contribution in [2.75, 3.05) is 0 Å². The Balaban J connectivity index is 3.07. The number of rotatable bonds is 2. The van der Waals surface area contributed by atoms with E-state index >= 15 is 0 Å². The summed E-state index contributed by atoms with van der Waals surface area (Å²) < 4.78 is 0. The fourth-order valence-corrected chi connectivity index (χ4v) is 1.27. The third-order valence-corrected chi connectivity index (χ3v) is 2.00. The summed E-state index contributed by atoms with van der Waals surface area (Å²) in [5, 5.41) is 0. The van der Waals surface area contributed by atoms with E-state index in [1.54, 1.807) is 0 Å². The van der Waals surface area contributed by atoms with Crippen LogP contribution in [0, 0.1) is 0 Å². The zero-order valence-corrected chi connectivity index (χ0v) is 8.12. The normalized spacial score (nSPS) is 13.1. The molecule has 1 rings (SSSR count). The van der Waals surface area contributed by atoms with Gasteiger partial charge >= 0.3 is 0 Å². The standard InChI is InChI=1S/C12H15N/c1-3-11(12(13)4-2)10-8-6-5-7-9-10/h3-9H,13H2,1-2H3/b11-3-,12-4+. The first kappa shape index (κ1) is 9.59. The first-order chi connectivity index (χ1) is 6.29. The van der Waals surface area contributed by atoms with Gasteiger partial charge in [-0.05, 0) is 19.4 Å². The smallest absolute Gasteiger partial charge is 0.0347 e. The molecule has 1 heteroatoms. The Morgan fingerprint density at radius 2 is 1.69 bits per heavy atom. The van der Waals surface area contributed by atoms with Crippen LogP contribution in [0.2, 0.25) is 0 Å². The molecule has 1 aromatic rings. The number of hydrogen-bond acceptors (Lipinski definition) is 1. The third kappa shape index (κ3) is 2.22. The number of allylic oxidation sites excluding steroid dienone is 3. The summed E-state index contributed by atoms with van der Waals surface area (Å²) in [5.41, 5.74) is 8.95. The molecule has 0 atom stereocenters. The molecule has 0 aliphatic carbocycles. The van der Waals surface area contributed by atoms with Gasteiger partial charge in [-0.15, -0.1) is 0 Å². The van der Waals surface area contributed by atoms with Gasteiger partial charge in [0.2, 0.25) is 0 Å². The highest BCUT2D eigenvalue weighted by atomic mass is 14.6. The second kappa shape index (κ2) is 4.51. The Morgan fingerprint density at radius 1 is 1.08 bits per heavy atom. The highest BCUT2D eigenvalue weighted by molar-refractivity contribution is 5.77. The first-order valence-electron chi connectivity index (χ1n) is 4.43. The minimum absolute atomic E-state index is 0.828. The minimum atomic E-state index is 0.828. The lowest BCUT2D eigenvalue weighted by molar-refractivity contribution is 1.38. The van der Waals surface area contributed by atoms with E-state index in [-0.39, 0.29) is 0 Å². The van der Waals surface area contributed by atoms with Crippen LogP contribution in [0.5, 0.6) is 0 Å². The van der Waals surface area contributed by atoms with E-state index in [4.69, 9.17) is 5.73 Å². The Kier molecular flexibility index (Phi) is 3.32. The van der Waals surface area contributed by atoms with Gasteiger partial charge in [-0.2, -0.15) is 0 Å². The second-order valence-electron chi connectivity index (χ2n) is 2.81. The predicted molar refractivity (Wildman–Crippen MR) is 58.0 cm³/mol. The summed E-state index contributed by atoms with van der Waals surface area (Å²) in [6, 6.07) is 10.2. The van der Waals surface area contributed by atoms with Crippen LogP contribution < -0.4 is 5.73 Å². The molecular weight excluding hydrogens is 158 g/mol. The Labute approximate surface area is 79.6 Å². The molecule has 68 valence electrons. The molecule has 0 amide bonds. The lowest BCUT2D eigenvalue weighted by Crippen LogP contribution is -1.99. The lowest BCUT2D eigenvalue weighted by atomic mass is 10.0. The van der Waals surface area contributed by atoms with Crippen LogP contribution in [0.4, 0.5) is 0 Å². The molecule has 0 heterocycles. The van der Waals surface area contributed by atoms with Crippen molar-refractivity contribution in [3.63, 3.8) is 0 Å². The van der Waals surface area contributed by atoms with Crippen molar-refractivity contribution >= 4 is 5.57 Å². The van der Waals surface area contributed by atoms with Gasteiger partial charge in [-0.1, -0.05) is 42.5 Å². The van der Waals surface area contributed by atoms with Gasteiger partial charge in [-0.3, -0.25) is 0 Å². The number of hydrogen-bond donors (Lipinski definition) is 1. The summed E-state index contributed by atoms with van der Waals surface area (Å²) in [5.74, 6) is 0. The van der Waals surface area contributed by atoms with Gasteiger partial charge in [0.15, 0.2) is 0 Å². The van der Waals surface area contributed by atoms with Gasteiger partial charge in [0.25, 0.3) is 0 Å². The Hall–Kier alpha value is -1.50. The van der Waals surface area contributed by atoms with Crippen LogP contribution >= 0.6 is 0 Å². The molecule has 0 aromatic heterocycles. The molecule has 0 saturated carbocycles. The van der Waals surface area contributed by atoms with Crippen LogP contribution in [0.1, 0.15) is 19.4 Å². The maximum atomic E-state index is 5.85. The molecule has 0 unspecified atom stereocenters. The zero-order valence-electron chi connectivity index (χ0n) is 8.12. The van der Waals surface area contributed by atoms with E-state index in [1.807, 2.05) is 44.2 Å². The number of nitrogens with two attached hydrogens (primary N) is 1. The van der Waals surface area contributed by atoms with Crippen LogP contribution in [-0.2, 0) is 0 Å². The highest BCUT2D eigenvalue weighted by Gasteiger charge is 2.00. The molecule has 0 spiro atoms. The molecule has 13 heavy (non-hydrogen) atoms. The molecule has 1 nitrogen and oxygen atoms in total. The predicted octanol–water partition coefficient (Wildman–Crippen LogP) is 2.95. The molecule has 1 aromatic carbocycles. The third-order valence-electron chi connectivity index (χ3n) is 2.00. The van der Waals surface area contributed by atoms with E-state index in [0.717, 1.165) is 11.3 Å². The minimum Gasteiger partial charge on any atom is -0.399 e. The van der Waals surface area contributed by atoms with E-state index in [0.29, 0.717) is 0 Å². The van der Waals surface area contributed by atoms with Crippen LogP contribution in [0.25, 0.3) is 5.57 Å². The summed E-state index contributed by atoms with van der Waals surface area (Å²) in [7, 11) is 0. The fraction of sp³-hybridized carbons (Fsp3) is 0.167. The van der Waals surface area contributed by atoms with Crippen LogP contribution in [0.3, 0.4) is 0 Å². The van der Waals surface area contributed by atoms with Crippen molar-refractivity contribution in [2.45, 2.75) is 13.8 Å². The van der Waals surface area contributed by atoms with E-state index in [1.165, 1.54) is 5.56 Å². The largest absolute Gasteiger partial charge is 0.399 e. The van der Waals surface area contributed by atoms with Gasteiger partial charge in [-0.25, -0.2) is 0 Å². The SMILES string of the molecule is C/C=C(\C(N)=C/C)c1ccccc1. The quantitative estimate of drug-likeness (QED) is 0.684. The summed E-state index contributed by atoms with van der Waals surface area (Å²) >= 11 is 0. The molecule has 0 fully saturated rings. The average Bonchev–Trinajstić information content (AvgIpc) is 2.20. The van der Waals surface area contributed by atoms with Crippen LogP contribution in [-0.4, -0.2) is 0 Å². The van der Waals surface area contributed by atoms with Crippen LogP contribution in [0.15, 0.2) is 48.2 Å². The molecule has 0 aliphatic rings. The highest BCUT2D eigenvalue weighted by Crippen LogP contribution is 2.18. The maximum absolute atomic E-state index is 5.85. The second-order valence-corrected chi connectivity index (χ2v) is 2.81. The summed E-state index contributed by atoms with van der Waals surface area (Å²) in [6.45, 7) is 3.94. The van der Waals surface area contributed by atoms with Gasteiger partial charge in [0, 0.05) is 11.3 Å². The first-order valence-corrected chi connectivity index (χ1v) is 4.43. The van der Waals surface area contributed by atoms with E-state index in [2.05, 4.69) is 12.1 Å². The van der Waals surface area contributed by atoms with E-state index in [9.17, 15) is 0 Å². The molecule has 0 bridgehead atoms. The Bertz CT molecular complexity index is 320. The molecule has 0 aliphatic heterocycles. The zero-order chi connectivity index (χ0) is 9.68. The van der Waals surface area contributed by atoms with Gasteiger partial charge in [0.1, 0.15) is 0 Å². The molecular formula is C12H15N. The van der Waals surface area contributed by atoms with Crippen molar-refractivity contribution in [3.05, 3.63) is 53.7 Å². The van der Waals surface area contributed by atoms with Gasteiger partial charge < -0.3 is 5.73 Å². The van der Waals surface area contributed by atoms with Gasteiger partial charge in [0.05, 0.1) is 0 Å². The van der Waals surface area contributed by atoms with Crippen molar-refractivity contribution in [3.8, 4) is 0 Å².